The number of amides is 1. The monoisotopic (exact) mass is 195 g/mol. The molecule has 0 saturated heterocycles. The molecule has 1 rings (SSSR count). The van der Waals surface area contributed by atoms with Crippen molar-refractivity contribution in [2.45, 2.75) is 6.42 Å². The van der Waals surface area contributed by atoms with Gasteiger partial charge in [0.25, 0.3) is 5.24 Å². The Morgan fingerprint density at radius 1 is 1.38 bits per heavy atom. The normalized spacial score (nSPS) is 9.62. The summed E-state index contributed by atoms with van der Waals surface area (Å²) in [6, 6.07) is 10.2. The van der Waals surface area contributed by atoms with Crippen LogP contribution in [0.3, 0.4) is 0 Å². The summed E-state index contributed by atoms with van der Waals surface area (Å²) in [4.78, 5) is 10.9. The van der Waals surface area contributed by atoms with Gasteiger partial charge in [0, 0.05) is 12.8 Å². The molecule has 1 amide bonds. The number of hydrogen-bond acceptors (Lipinski definition) is 2. The Morgan fingerprint density at radius 3 is 2.69 bits per heavy atom. The third kappa shape index (κ3) is 3.99. The number of nitrogens with one attached hydrogen (secondary N) is 1. The van der Waals surface area contributed by atoms with Gasteiger partial charge in [-0.25, -0.2) is 0 Å². The van der Waals surface area contributed by atoms with E-state index >= 15 is 0 Å². The number of benzene rings is 1. The molecule has 0 atom stereocenters. The predicted molar refractivity (Wildman–Crippen MR) is 57.1 cm³/mol. The Morgan fingerprint density at radius 2 is 2.08 bits per heavy atom. The quantitative estimate of drug-likeness (QED) is 0.801. The molecular formula is C10H13NOS. The van der Waals surface area contributed by atoms with Crippen LogP contribution >= 0.6 is 11.8 Å². The van der Waals surface area contributed by atoms with Gasteiger partial charge in [-0.2, -0.15) is 0 Å². The van der Waals surface area contributed by atoms with Crippen LogP contribution < -0.4 is 5.32 Å². The molecule has 0 aliphatic carbocycles. The average Bonchev–Trinajstić information content (AvgIpc) is 2.19. The van der Waals surface area contributed by atoms with Crippen LogP contribution in [-0.2, 0) is 6.42 Å². The minimum absolute atomic E-state index is 0.0379. The number of thioether (sulfide) groups is 1. The van der Waals surface area contributed by atoms with Crippen LogP contribution in [0.2, 0.25) is 0 Å². The number of rotatable bonds is 3. The van der Waals surface area contributed by atoms with Gasteiger partial charge < -0.3 is 5.32 Å². The summed E-state index contributed by atoms with van der Waals surface area (Å²) in [6.07, 6.45) is 0.943. The molecule has 1 aromatic rings. The van der Waals surface area contributed by atoms with E-state index in [1.807, 2.05) is 18.2 Å². The van der Waals surface area contributed by atoms with E-state index in [-0.39, 0.29) is 5.24 Å². The van der Waals surface area contributed by atoms with Gasteiger partial charge >= 0.3 is 0 Å². The largest absolute Gasteiger partial charge is 0.350 e. The second-order valence-electron chi connectivity index (χ2n) is 2.62. The molecule has 0 aliphatic heterocycles. The first kappa shape index (κ1) is 10.1. The highest BCUT2D eigenvalue weighted by molar-refractivity contribution is 8.13. The number of aryl methyl sites for hydroxylation is 1. The third-order valence-electron chi connectivity index (χ3n) is 1.67. The summed E-state index contributed by atoms with van der Waals surface area (Å²) in [5.41, 5.74) is 1.28. The fourth-order valence-electron chi connectivity index (χ4n) is 0.978. The summed E-state index contributed by atoms with van der Waals surface area (Å²) in [7, 11) is 1.65. The molecule has 3 heteroatoms. The molecule has 0 fully saturated rings. The van der Waals surface area contributed by atoms with Gasteiger partial charge in [0.2, 0.25) is 0 Å². The van der Waals surface area contributed by atoms with Crippen molar-refractivity contribution in [2.75, 3.05) is 12.8 Å². The average molecular weight is 195 g/mol. The molecule has 0 heterocycles. The zero-order valence-corrected chi connectivity index (χ0v) is 8.43. The maximum atomic E-state index is 10.9. The number of carbonyl (C=O) groups is 1. The van der Waals surface area contributed by atoms with Gasteiger partial charge in [0.05, 0.1) is 0 Å². The van der Waals surface area contributed by atoms with Crippen LogP contribution in [0, 0.1) is 0 Å². The van der Waals surface area contributed by atoms with Crippen molar-refractivity contribution in [1.29, 1.82) is 0 Å². The smallest absolute Gasteiger partial charge is 0.278 e. The van der Waals surface area contributed by atoms with Crippen LogP contribution in [0.25, 0.3) is 0 Å². The molecule has 0 aliphatic rings. The van der Waals surface area contributed by atoms with E-state index < -0.39 is 0 Å². The Kier molecular flexibility index (Phi) is 4.40. The summed E-state index contributed by atoms with van der Waals surface area (Å²) >= 11 is 1.32. The Balaban J connectivity index is 2.24. The van der Waals surface area contributed by atoms with E-state index in [4.69, 9.17) is 0 Å². The summed E-state index contributed by atoms with van der Waals surface area (Å²) in [5, 5.41) is 2.61. The summed E-state index contributed by atoms with van der Waals surface area (Å²) in [5.74, 6) is 0.837. The zero-order valence-electron chi connectivity index (χ0n) is 7.62. The minimum Gasteiger partial charge on any atom is -0.350 e. The first-order chi connectivity index (χ1) is 6.33. The maximum absolute atomic E-state index is 10.9. The molecular weight excluding hydrogens is 182 g/mol. The lowest BCUT2D eigenvalue weighted by Gasteiger charge is -1.99. The van der Waals surface area contributed by atoms with Gasteiger partial charge in [-0.3, -0.25) is 4.79 Å². The van der Waals surface area contributed by atoms with Crippen molar-refractivity contribution in [3.05, 3.63) is 35.9 Å². The van der Waals surface area contributed by atoms with E-state index in [9.17, 15) is 4.79 Å². The van der Waals surface area contributed by atoms with Gasteiger partial charge in [-0.15, -0.1) is 0 Å². The Hall–Kier alpha value is -0.960. The lowest BCUT2D eigenvalue weighted by Crippen LogP contribution is -2.12. The van der Waals surface area contributed by atoms with Crippen LogP contribution in [-0.4, -0.2) is 18.0 Å². The van der Waals surface area contributed by atoms with Crippen molar-refractivity contribution in [1.82, 2.24) is 5.32 Å². The first-order valence-corrected chi connectivity index (χ1v) is 5.20. The van der Waals surface area contributed by atoms with Gasteiger partial charge in [-0.1, -0.05) is 42.1 Å². The van der Waals surface area contributed by atoms with Gasteiger partial charge in [-0.05, 0) is 12.0 Å². The van der Waals surface area contributed by atoms with E-state index in [0.29, 0.717) is 0 Å². The lowest BCUT2D eigenvalue weighted by atomic mass is 10.2. The molecule has 0 saturated carbocycles. The molecule has 70 valence electrons. The topological polar surface area (TPSA) is 29.1 Å². The van der Waals surface area contributed by atoms with Crippen molar-refractivity contribution in [2.24, 2.45) is 0 Å². The van der Waals surface area contributed by atoms with E-state index in [0.717, 1.165) is 12.2 Å². The second-order valence-corrected chi connectivity index (χ2v) is 3.69. The maximum Gasteiger partial charge on any atom is 0.278 e. The fourth-order valence-corrected chi connectivity index (χ4v) is 1.65. The Labute approximate surface area is 82.7 Å². The van der Waals surface area contributed by atoms with Crippen LogP contribution in [0.4, 0.5) is 4.79 Å². The highest BCUT2D eigenvalue weighted by Gasteiger charge is 1.98. The zero-order chi connectivity index (χ0) is 9.52. The third-order valence-corrected chi connectivity index (χ3v) is 2.55. The van der Waals surface area contributed by atoms with Gasteiger partial charge in [0.1, 0.15) is 0 Å². The molecule has 13 heavy (non-hydrogen) atoms. The van der Waals surface area contributed by atoms with Crippen LogP contribution in [0.15, 0.2) is 30.3 Å². The standard InChI is InChI=1S/C10H13NOS/c1-11-10(12)13-8-7-9-5-3-2-4-6-9/h2-6H,7-8H2,1H3,(H,11,12). The molecule has 1 aromatic carbocycles. The lowest BCUT2D eigenvalue weighted by molar-refractivity contribution is 0.262. The molecule has 0 spiro atoms. The molecule has 2 nitrogen and oxygen atoms in total. The minimum atomic E-state index is 0.0379. The second kappa shape index (κ2) is 5.65. The van der Waals surface area contributed by atoms with Crippen molar-refractivity contribution < 1.29 is 4.79 Å². The van der Waals surface area contributed by atoms with E-state index in [1.54, 1.807) is 7.05 Å². The van der Waals surface area contributed by atoms with Crippen molar-refractivity contribution >= 4 is 17.0 Å². The van der Waals surface area contributed by atoms with Crippen LogP contribution in [0.5, 0.6) is 0 Å². The fraction of sp³-hybridized carbons (Fsp3) is 0.300. The molecule has 0 bridgehead atoms. The molecule has 0 aromatic heterocycles. The number of hydrogen-bond donors (Lipinski definition) is 1. The summed E-state index contributed by atoms with van der Waals surface area (Å²) < 4.78 is 0. The van der Waals surface area contributed by atoms with Crippen molar-refractivity contribution in [3.63, 3.8) is 0 Å². The Bertz CT molecular complexity index is 261. The van der Waals surface area contributed by atoms with E-state index in [2.05, 4.69) is 17.4 Å². The highest BCUT2D eigenvalue weighted by atomic mass is 32.2. The van der Waals surface area contributed by atoms with Crippen LogP contribution in [0.1, 0.15) is 5.56 Å². The highest BCUT2D eigenvalue weighted by Crippen LogP contribution is 2.06. The molecule has 1 N–H and O–H groups in total. The van der Waals surface area contributed by atoms with Gasteiger partial charge in [0.15, 0.2) is 0 Å². The van der Waals surface area contributed by atoms with Crippen molar-refractivity contribution in [3.8, 4) is 0 Å². The first-order valence-electron chi connectivity index (χ1n) is 4.21. The van der Waals surface area contributed by atoms with E-state index in [1.165, 1.54) is 17.3 Å². The molecule has 0 radical (unpaired) electrons. The summed E-state index contributed by atoms with van der Waals surface area (Å²) in [6.45, 7) is 0. The molecule has 0 unspecified atom stereocenters. The number of carbonyl (C=O) groups excluding carboxylic acids is 1. The SMILES string of the molecule is CNC(=O)SCCc1ccccc1. The predicted octanol–water partition coefficient (Wildman–Crippen LogP) is 2.30.